The number of amides is 2. The van der Waals surface area contributed by atoms with Gasteiger partial charge in [0.1, 0.15) is 5.00 Å². The molecular weight excluding hydrogens is 384 g/mol. The minimum absolute atomic E-state index is 0.0658. The normalized spacial score (nSPS) is 18.6. The Morgan fingerprint density at radius 2 is 1.72 bits per heavy atom. The van der Waals surface area contributed by atoms with E-state index in [-0.39, 0.29) is 23.9 Å². The summed E-state index contributed by atoms with van der Waals surface area (Å²) in [6, 6.07) is 0. The van der Waals surface area contributed by atoms with Crippen LogP contribution in [0.2, 0.25) is 0 Å². The summed E-state index contributed by atoms with van der Waals surface area (Å²) < 4.78 is 0. The monoisotopic (exact) mass is 420 g/mol. The van der Waals surface area contributed by atoms with Crippen molar-refractivity contribution >= 4 is 28.2 Å². The SMILES string of the molecule is CN(C)CC(NC(=O)c1c(NC(=O)C2CCCCC2)sc2c1CCCC2)N(C)C. The van der Waals surface area contributed by atoms with E-state index in [0.717, 1.165) is 68.5 Å². The highest BCUT2D eigenvalue weighted by atomic mass is 32.1. The van der Waals surface area contributed by atoms with Crippen molar-refractivity contribution in [1.29, 1.82) is 0 Å². The highest BCUT2D eigenvalue weighted by Crippen LogP contribution is 2.39. The van der Waals surface area contributed by atoms with Crippen LogP contribution in [-0.4, -0.2) is 62.5 Å². The Morgan fingerprint density at radius 1 is 1.03 bits per heavy atom. The summed E-state index contributed by atoms with van der Waals surface area (Å²) in [5.41, 5.74) is 1.86. The number of rotatable bonds is 7. The number of nitrogens with zero attached hydrogens (tertiary/aromatic N) is 2. The minimum atomic E-state index is -0.0847. The van der Waals surface area contributed by atoms with E-state index in [1.54, 1.807) is 11.3 Å². The van der Waals surface area contributed by atoms with Gasteiger partial charge >= 0.3 is 0 Å². The van der Waals surface area contributed by atoms with Crippen molar-refractivity contribution in [3.05, 3.63) is 16.0 Å². The lowest BCUT2D eigenvalue weighted by molar-refractivity contribution is -0.120. The van der Waals surface area contributed by atoms with Crippen LogP contribution in [0.1, 0.15) is 65.7 Å². The first-order valence-corrected chi connectivity index (χ1v) is 11.8. The summed E-state index contributed by atoms with van der Waals surface area (Å²) in [4.78, 5) is 31.6. The first-order chi connectivity index (χ1) is 13.9. The molecule has 2 aliphatic carbocycles. The van der Waals surface area contributed by atoms with E-state index in [0.29, 0.717) is 5.56 Å². The van der Waals surface area contributed by atoms with Crippen LogP contribution >= 0.6 is 11.3 Å². The molecule has 1 fully saturated rings. The lowest BCUT2D eigenvalue weighted by atomic mass is 9.88. The molecule has 1 heterocycles. The van der Waals surface area contributed by atoms with Crippen molar-refractivity contribution < 1.29 is 9.59 Å². The molecule has 29 heavy (non-hydrogen) atoms. The van der Waals surface area contributed by atoms with Gasteiger partial charge in [-0.25, -0.2) is 0 Å². The molecule has 0 spiro atoms. The van der Waals surface area contributed by atoms with Crippen LogP contribution in [0.3, 0.4) is 0 Å². The number of hydrogen-bond donors (Lipinski definition) is 2. The van der Waals surface area contributed by atoms with Gasteiger partial charge < -0.3 is 15.5 Å². The maximum atomic E-state index is 13.4. The van der Waals surface area contributed by atoms with Crippen LogP contribution in [0.15, 0.2) is 0 Å². The molecule has 1 aromatic rings. The number of nitrogens with one attached hydrogen (secondary N) is 2. The molecule has 0 saturated heterocycles. The van der Waals surface area contributed by atoms with Crippen LogP contribution in [0, 0.1) is 5.92 Å². The number of carbonyl (C=O) groups excluding carboxylic acids is 2. The van der Waals surface area contributed by atoms with Gasteiger partial charge in [-0.3, -0.25) is 14.5 Å². The number of thiophene rings is 1. The zero-order valence-corrected chi connectivity index (χ0v) is 19.2. The quantitative estimate of drug-likeness (QED) is 0.664. The van der Waals surface area contributed by atoms with E-state index in [1.807, 2.05) is 33.1 Å². The van der Waals surface area contributed by atoms with Crippen LogP contribution in [-0.2, 0) is 17.6 Å². The Kier molecular flexibility index (Phi) is 7.71. The fourth-order valence-corrected chi connectivity index (χ4v) is 5.67. The molecule has 2 N–H and O–H groups in total. The second-order valence-corrected chi connectivity index (χ2v) is 10.1. The van der Waals surface area contributed by atoms with Crippen molar-refractivity contribution in [2.75, 3.05) is 40.1 Å². The van der Waals surface area contributed by atoms with Crippen molar-refractivity contribution in [3.63, 3.8) is 0 Å². The predicted molar refractivity (Wildman–Crippen MR) is 120 cm³/mol. The van der Waals surface area contributed by atoms with Crippen LogP contribution < -0.4 is 10.6 Å². The number of aryl methyl sites for hydroxylation is 1. The molecule has 0 radical (unpaired) electrons. The third-order valence-electron chi connectivity index (χ3n) is 6.07. The van der Waals surface area contributed by atoms with E-state index in [9.17, 15) is 9.59 Å². The van der Waals surface area contributed by atoms with E-state index in [4.69, 9.17) is 0 Å². The van der Waals surface area contributed by atoms with Gasteiger partial charge in [0.15, 0.2) is 0 Å². The maximum Gasteiger partial charge on any atom is 0.255 e. The molecule has 1 aromatic heterocycles. The van der Waals surface area contributed by atoms with E-state index >= 15 is 0 Å². The predicted octanol–water partition coefficient (Wildman–Crippen LogP) is 3.32. The molecule has 2 amide bonds. The summed E-state index contributed by atoms with van der Waals surface area (Å²) in [6.07, 6.45) is 9.51. The van der Waals surface area contributed by atoms with Gasteiger partial charge in [-0.05, 0) is 72.3 Å². The Bertz CT molecular complexity index is 723. The average molecular weight is 421 g/mol. The van der Waals surface area contributed by atoms with Crippen molar-refractivity contribution in [3.8, 4) is 0 Å². The first-order valence-electron chi connectivity index (χ1n) is 10.9. The smallest absolute Gasteiger partial charge is 0.255 e. The Morgan fingerprint density at radius 3 is 2.38 bits per heavy atom. The van der Waals surface area contributed by atoms with Crippen molar-refractivity contribution in [2.24, 2.45) is 5.92 Å². The lowest BCUT2D eigenvalue weighted by Crippen LogP contribution is -2.50. The fraction of sp³-hybridized carbons (Fsp3) is 0.727. The van der Waals surface area contributed by atoms with Gasteiger partial charge in [0.25, 0.3) is 5.91 Å². The van der Waals surface area contributed by atoms with Gasteiger partial charge in [0.05, 0.1) is 11.7 Å². The van der Waals surface area contributed by atoms with Crippen LogP contribution in [0.4, 0.5) is 5.00 Å². The molecule has 1 unspecified atom stereocenters. The average Bonchev–Trinajstić information content (AvgIpc) is 3.05. The number of likely N-dealkylation sites (N-methyl/N-ethyl adjacent to an activating group) is 2. The highest BCUT2D eigenvalue weighted by Gasteiger charge is 2.30. The molecule has 0 aliphatic heterocycles. The Labute approximate surface area is 179 Å². The molecule has 2 aliphatic rings. The van der Waals surface area contributed by atoms with Gasteiger partial charge in [-0.1, -0.05) is 19.3 Å². The van der Waals surface area contributed by atoms with Crippen molar-refractivity contribution in [2.45, 2.75) is 64.0 Å². The second-order valence-electron chi connectivity index (χ2n) is 8.95. The molecular formula is C22H36N4O2S. The zero-order chi connectivity index (χ0) is 21.0. The molecule has 0 bridgehead atoms. The largest absolute Gasteiger partial charge is 0.335 e. The summed E-state index contributed by atoms with van der Waals surface area (Å²) in [6.45, 7) is 0.731. The molecule has 1 atom stereocenters. The van der Waals surface area contributed by atoms with E-state index in [1.165, 1.54) is 11.3 Å². The standard InChI is InChI=1S/C22H36N4O2S/c1-25(2)14-18(26(3)4)23-21(28)19-16-12-8-9-13-17(16)29-22(19)24-20(27)15-10-6-5-7-11-15/h15,18H,5-14H2,1-4H3,(H,23,28)(H,24,27). The second kappa shape index (κ2) is 10.0. The number of carbonyl (C=O) groups is 2. The molecule has 1 saturated carbocycles. The third-order valence-corrected chi connectivity index (χ3v) is 7.28. The zero-order valence-electron chi connectivity index (χ0n) is 18.3. The number of anilines is 1. The molecule has 6 nitrogen and oxygen atoms in total. The van der Waals surface area contributed by atoms with Gasteiger partial charge in [0, 0.05) is 17.3 Å². The Balaban J connectivity index is 1.82. The highest BCUT2D eigenvalue weighted by molar-refractivity contribution is 7.17. The van der Waals surface area contributed by atoms with Crippen molar-refractivity contribution in [1.82, 2.24) is 15.1 Å². The van der Waals surface area contributed by atoms with E-state index in [2.05, 4.69) is 15.5 Å². The summed E-state index contributed by atoms with van der Waals surface area (Å²) in [5.74, 6) is 0.112. The van der Waals surface area contributed by atoms with Crippen LogP contribution in [0.5, 0.6) is 0 Å². The third kappa shape index (κ3) is 5.58. The molecule has 162 valence electrons. The van der Waals surface area contributed by atoms with Gasteiger partial charge in [-0.2, -0.15) is 0 Å². The molecule has 3 rings (SSSR count). The first kappa shape index (κ1) is 22.2. The summed E-state index contributed by atoms with van der Waals surface area (Å²) in [7, 11) is 7.96. The molecule has 0 aromatic carbocycles. The number of fused-ring (bicyclic) bond motifs is 1. The lowest BCUT2D eigenvalue weighted by Gasteiger charge is -2.28. The molecule has 7 heteroatoms. The minimum Gasteiger partial charge on any atom is -0.335 e. The Hall–Kier alpha value is -1.44. The topological polar surface area (TPSA) is 64.7 Å². The van der Waals surface area contributed by atoms with Gasteiger partial charge in [0.2, 0.25) is 5.91 Å². The number of hydrogen-bond acceptors (Lipinski definition) is 5. The van der Waals surface area contributed by atoms with Crippen LogP contribution in [0.25, 0.3) is 0 Å². The van der Waals surface area contributed by atoms with Gasteiger partial charge in [-0.15, -0.1) is 11.3 Å². The van der Waals surface area contributed by atoms with E-state index < -0.39 is 0 Å². The summed E-state index contributed by atoms with van der Waals surface area (Å²) in [5, 5.41) is 7.11. The maximum absolute atomic E-state index is 13.4. The fourth-order valence-electron chi connectivity index (χ4n) is 4.38. The summed E-state index contributed by atoms with van der Waals surface area (Å²) >= 11 is 1.62.